The highest BCUT2D eigenvalue weighted by molar-refractivity contribution is 5.86. The molecule has 0 heterocycles. The summed E-state index contributed by atoms with van der Waals surface area (Å²) in [7, 11) is 0. The number of carboxylic acid groups (broad SMARTS) is 1. The second-order valence-corrected chi connectivity index (χ2v) is 4.24. The first-order valence-corrected chi connectivity index (χ1v) is 5.10. The lowest BCUT2D eigenvalue weighted by atomic mass is 10.0. The molecule has 0 aromatic carbocycles. The van der Waals surface area contributed by atoms with Gasteiger partial charge in [0.2, 0.25) is 5.91 Å². The van der Waals surface area contributed by atoms with E-state index in [0.717, 1.165) is 6.42 Å². The first-order chi connectivity index (χ1) is 6.82. The molecular formula is C10H20N2O3. The fourth-order valence-electron chi connectivity index (χ4n) is 1.40. The molecule has 5 nitrogen and oxygen atoms in total. The molecule has 0 radical (unpaired) electrons. The maximum atomic E-state index is 11.4. The highest BCUT2D eigenvalue weighted by atomic mass is 16.4. The van der Waals surface area contributed by atoms with Crippen molar-refractivity contribution in [2.75, 3.05) is 0 Å². The van der Waals surface area contributed by atoms with Crippen molar-refractivity contribution in [3.8, 4) is 0 Å². The monoisotopic (exact) mass is 216 g/mol. The summed E-state index contributed by atoms with van der Waals surface area (Å²) in [5.41, 5.74) is 5.40. The zero-order valence-corrected chi connectivity index (χ0v) is 9.49. The number of carbonyl (C=O) groups is 2. The van der Waals surface area contributed by atoms with Crippen molar-refractivity contribution in [2.24, 2.45) is 11.7 Å². The maximum absolute atomic E-state index is 11.4. The van der Waals surface area contributed by atoms with E-state index < -0.39 is 17.9 Å². The summed E-state index contributed by atoms with van der Waals surface area (Å²) in [5.74, 6) is -0.976. The summed E-state index contributed by atoms with van der Waals surface area (Å²) in [6.07, 6.45) is 0.520. The van der Waals surface area contributed by atoms with Crippen molar-refractivity contribution in [2.45, 2.75) is 45.7 Å². The van der Waals surface area contributed by atoms with Gasteiger partial charge < -0.3 is 16.2 Å². The third-order valence-electron chi connectivity index (χ3n) is 1.94. The molecule has 0 saturated carbocycles. The van der Waals surface area contributed by atoms with E-state index in [1.807, 2.05) is 6.92 Å². The zero-order valence-electron chi connectivity index (χ0n) is 9.49. The van der Waals surface area contributed by atoms with Crippen LogP contribution in [-0.4, -0.2) is 29.1 Å². The number of nitrogens with one attached hydrogen (secondary N) is 1. The Morgan fingerprint density at radius 1 is 1.33 bits per heavy atom. The van der Waals surface area contributed by atoms with Crippen molar-refractivity contribution in [3.63, 3.8) is 0 Å². The molecular weight excluding hydrogens is 196 g/mol. The van der Waals surface area contributed by atoms with E-state index in [2.05, 4.69) is 19.2 Å². The van der Waals surface area contributed by atoms with Gasteiger partial charge in [-0.3, -0.25) is 9.59 Å². The Bertz CT molecular complexity index is 229. The average molecular weight is 216 g/mol. The molecule has 0 aliphatic carbocycles. The number of aliphatic carboxylic acids is 1. The van der Waals surface area contributed by atoms with Crippen LogP contribution in [0.3, 0.4) is 0 Å². The van der Waals surface area contributed by atoms with Gasteiger partial charge in [-0.1, -0.05) is 13.8 Å². The molecule has 0 unspecified atom stereocenters. The van der Waals surface area contributed by atoms with Gasteiger partial charge in [0.1, 0.15) is 0 Å². The first-order valence-electron chi connectivity index (χ1n) is 5.10. The van der Waals surface area contributed by atoms with E-state index in [1.54, 1.807) is 0 Å². The highest BCUT2D eigenvalue weighted by Crippen LogP contribution is 2.04. The zero-order chi connectivity index (χ0) is 12.0. The van der Waals surface area contributed by atoms with Crippen molar-refractivity contribution >= 4 is 11.9 Å². The topological polar surface area (TPSA) is 92.4 Å². The minimum Gasteiger partial charge on any atom is -0.481 e. The Balaban J connectivity index is 3.95. The van der Waals surface area contributed by atoms with Crippen LogP contribution in [0.4, 0.5) is 0 Å². The second kappa shape index (κ2) is 6.40. The lowest BCUT2D eigenvalue weighted by molar-refractivity contribution is -0.139. The van der Waals surface area contributed by atoms with E-state index in [9.17, 15) is 9.59 Å². The molecule has 0 saturated heterocycles. The molecule has 0 aliphatic heterocycles. The standard InChI is InChI=1S/C10H20N2O3/c1-6(2)4-7(3)12-10(15)8(11)5-9(13)14/h6-8H,4-5,11H2,1-3H3,(H,12,15)(H,13,14)/t7-,8+/m1/s1. The molecule has 0 aliphatic rings. The van der Waals surface area contributed by atoms with Gasteiger partial charge in [0.25, 0.3) is 0 Å². The molecule has 4 N–H and O–H groups in total. The molecule has 0 rings (SSSR count). The van der Waals surface area contributed by atoms with Gasteiger partial charge in [0, 0.05) is 6.04 Å². The predicted octanol–water partition coefficient (Wildman–Crippen LogP) is 0.339. The average Bonchev–Trinajstić information content (AvgIpc) is 2.00. The lowest BCUT2D eigenvalue weighted by Gasteiger charge is -2.18. The largest absolute Gasteiger partial charge is 0.481 e. The molecule has 88 valence electrons. The Morgan fingerprint density at radius 2 is 1.87 bits per heavy atom. The Hall–Kier alpha value is -1.10. The number of carboxylic acids is 1. The third kappa shape index (κ3) is 6.90. The third-order valence-corrected chi connectivity index (χ3v) is 1.94. The fourth-order valence-corrected chi connectivity index (χ4v) is 1.40. The van der Waals surface area contributed by atoms with Crippen LogP contribution in [0.25, 0.3) is 0 Å². The van der Waals surface area contributed by atoms with Crippen LogP contribution >= 0.6 is 0 Å². The molecule has 0 fully saturated rings. The Morgan fingerprint density at radius 3 is 2.27 bits per heavy atom. The minimum absolute atomic E-state index is 0.0253. The molecule has 1 amide bonds. The Kier molecular flexibility index (Phi) is 5.93. The summed E-state index contributed by atoms with van der Waals surface area (Å²) < 4.78 is 0. The molecule has 5 heteroatoms. The van der Waals surface area contributed by atoms with Gasteiger partial charge in [-0.25, -0.2) is 0 Å². The molecule has 0 spiro atoms. The van der Waals surface area contributed by atoms with Gasteiger partial charge in [-0.05, 0) is 19.3 Å². The molecule has 2 atom stereocenters. The van der Waals surface area contributed by atoms with Crippen LogP contribution in [0.2, 0.25) is 0 Å². The summed E-state index contributed by atoms with van der Waals surface area (Å²) in [6, 6.07) is -0.936. The van der Waals surface area contributed by atoms with Crippen LogP contribution in [0.5, 0.6) is 0 Å². The van der Waals surface area contributed by atoms with Crippen LogP contribution in [-0.2, 0) is 9.59 Å². The van der Waals surface area contributed by atoms with Crippen molar-refractivity contribution in [1.29, 1.82) is 0 Å². The summed E-state index contributed by atoms with van der Waals surface area (Å²) in [4.78, 5) is 21.7. The van der Waals surface area contributed by atoms with Gasteiger partial charge in [0.15, 0.2) is 0 Å². The van der Waals surface area contributed by atoms with E-state index >= 15 is 0 Å². The number of rotatable bonds is 6. The lowest BCUT2D eigenvalue weighted by Crippen LogP contribution is -2.45. The molecule has 0 bridgehead atoms. The SMILES string of the molecule is CC(C)C[C@@H](C)NC(=O)[C@@H](N)CC(=O)O. The highest BCUT2D eigenvalue weighted by Gasteiger charge is 2.18. The van der Waals surface area contributed by atoms with Gasteiger partial charge >= 0.3 is 5.97 Å². The van der Waals surface area contributed by atoms with Gasteiger partial charge in [-0.2, -0.15) is 0 Å². The number of hydrogen-bond acceptors (Lipinski definition) is 3. The predicted molar refractivity (Wildman–Crippen MR) is 57.3 cm³/mol. The van der Waals surface area contributed by atoms with Crippen molar-refractivity contribution < 1.29 is 14.7 Å². The Labute approximate surface area is 90.0 Å². The summed E-state index contributed by atoms with van der Waals surface area (Å²) in [5, 5.41) is 11.1. The van der Waals surface area contributed by atoms with E-state index in [0.29, 0.717) is 5.92 Å². The summed E-state index contributed by atoms with van der Waals surface area (Å²) in [6.45, 7) is 5.99. The quantitative estimate of drug-likeness (QED) is 0.597. The number of nitrogens with two attached hydrogens (primary N) is 1. The number of hydrogen-bond donors (Lipinski definition) is 3. The minimum atomic E-state index is -1.06. The normalized spacial score (nSPS) is 14.7. The van der Waals surface area contributed by atoms with Crippen LogP contribution in [0.1, 0.15) is 33.6 Å². The van der Waals surface area contributed by atoms with Crippen LogP contribution < -0.4 is 11.1 Å². The van der Waals surface area contributed by atoms with Gasteiger partial charge in [0.05, 0.1) is 12.5 Å². The van der Waals surface area contributed by atoms with Crippen LogP contribution in [0.15, 0.2) is 0 Å². The van der Waals surface area contributed by atoms with E-state index in [1.165, 1.54) is 0 Å². The first kappa shape index (κ1) is 13.9. The van der Waals surface area contributed by atoms with Crippen LogP contribution in [0, 0.1) is 5.92 Å². The smallest absolute Gasteiger partial charge is 0.305 e. The van der Waals surface area contributed by atoms with Crippen molar-refractivity contribution in [3.05, 3.63) is 0 Å². The number of carbonyl (C=O) groups excluding carboxylic acids is 1. The van der Waals surface area contributed by atoms with Gasteiger partial charge in [-0.15, -0.1) is 0 Å². The number of amides is 1. The second-order valence-electron chi connectivity index (χ2n) is 4.24. The molecule has 15 heavy (non-hydrogen) atoms. The summed E-state index contributed by atoms with van der Waals surface area (Å²) >= 11 is 0. The van der Waals surface area contributed by atoms with E-state index in [-0.39, 0.29) is 12.5 Å². The maximum Gasteiger partial charge on any atom is 0.305 e. The van der Waals surface area contributed by atoms with Crippen molar-refractivity contribution in [1.82, 2.24) is 5.32 Å². The fraction of sp³-hybridized carbons (Fsp3) is 0.800. The molecule has 0 aromatic heterocycles. The molecule has 0 aromatic rings. The van der Waals surface area contributed by atoms with E-state index in [4.69, 9.17) is 10.8 Å².